The van der Waals surface area contributed by atoms with Gasteiger partial charge in [0.2, 0.25) is 0 Å². The number of carbonyl (C=O) groups excluding carboxylic acids is 4. The molecule has 0 aromatic heterocycles. The molecule has 1 aromatic rings. The van der Waals surface area contributed by atoms with E-state index in [1.165, 1.54) is 5.56 Å². The molecule has 0 N–H and O–H groups in total. The van der Waals surface area contributed by atoms with Crippen molar-refractivity contribution in [3.8, 4) is 0 Å². The summed E-state index contributed by atoms with van der Waals surface area (Å²) in [5.41, 5.74) is 4.48. The van der Waals surface area contributed by atoms with Crippen LogP contribution < -0.4 is 0 Å². The second kappa shape index (κ2) is 5.61. The molecule has 156 valence electrons. The second-order valence-corrected chi connectivity index (χ2v) is 9.80. The highest BCUT2D eigenvalue weighted by Crippen LogP contribution is 2.66. The first kappa shape index (κ1) is 17.6. The number of allylic oxidation sites excluding steroid dienone is 4. The number of benzene rings is 1. The number of cyclic esters (lactones) is 4. The first-order valence-corrected chi connectivity index (χ1v) is 11.0. The molecule has 1 saturated carbocycles. The van der Waals surface area contributed by atoms with Crippen molar-refractivity contribution in [1.29, 1.82) is 0 Å². The van der Waals surface area contributed by atoms with Gasteiger partial charge in [0, 0.05) is 11.8 Å². The molecule has 2 bridgehead atoms. The minimum absolute atomic E-state index is 0.126. The zero-order chi connectivity index (χ0) is 21.2. The number of hydrogen-bond donors (Lipinski definition) is 0. The van der Waals surface area contributed by atoms with Gasteiger partial charge in [0.05, 0.1) is 23.7 Å². The molecule has 0 amide bonds. The van der Waals surface area contributed by atoms with Crippen LogP contribution in [0.15, 0.2) is 42.0 Å². The zero-order valence-corrected chi connectivity index (χ0v) is 16.8. The lowest BCUT2D eigenvalue weighted by Gasteiger charge is -2.54. The van der Waals surface area contributed by atoms with Crippen LogP contribution in [0.3, 0.4) is 0 Å². The summed E-state index contributed by atoms with van der Waals surface area (Å²) >= 11 is 0. The summed E-state index contributed by atoms with van der Waals surface area (Å²) in [6.45, 7) is 2.15. The molecule has 31 heavy (non-hydrogen) atoms. The van der Waals surface area contributed by atoms with E-state index in [1.807, 2.05) is 24.3 Å². The Balaban J connectivity index is 1.55. The van der Waals surface area contributed by atoms with Crippen molar-refractivity contribution in [2.45, 2.75) is 19.3 Å². The van der Waals surface area contributed by atoms with Crippen molar-refractivity contribution in [3.63, 3.8) is 0 Å². The van der Waals surface area contributed by atoms with Crippen LogP contribution >= 0.6 is 0 Å². The number of esters is 4. The summed E-state index contributed by atoms with van der Waals surface area (Å²) < 4.78 is 10.2. The van der Waals surface area contributed by atoms with Gasteiger partial charge in [-0.05, 0) is 40.9 Å². The fourth-order valence-electron chi connectivity index (χ4n) is 7.65. The molecule has 2 saturated heterocycles. The van der Waals surface area contributed by atoms with Gasteiger partial charge in [-0.3, -0.25) is 19.2 Å². The van der Waals surface area contributed by atoms with Crippen molar-refractivity contribution in [2.24, 2.45) is 47.3 Å². The van der Waals surface area contributed by atoms with Gasteiger partial charge in [0.15, 0.2) is 0 Å². The maximum absolute atomic E-state index is 12.9. The lowest BCUT2D eigenvalue weighted by Crippen LogP contribution is -2.53. The summed E-state index contributed by atoms with van der Waals surface area (Å²) in [6, 6.07) is 8.22. The minimum atomic E-state index is -0.601. The van der Waals surface area contributed by atoms with Gasteiger partial charge in [-0.25, -0.2) is 0 Å². The van der Waals surface area contributed by atoms with Gasteiger partial charge in [0.25, 0.3) is 0 Å². The Kier molecular flexibility index (Phi) is 3.19. The quantitative estimate of drug-likeness (QED) is 0.367. The third-order valence-electron chi connectivity index (χ3n) is 8.63. The number of fused-ring (bicyclic) bond motifs is 5. The topological polar surface area (TPSA) is 86.7 Å². The van der Waals surface area contributed by atoms with Crippen LogP contribution in [-0.2, 0) is 28.7 Å². The van der Waals surface area contributed by atoms with Gasteiger partial charge in [-0.15, -0.1) is 0 Å². The largest absolute Gasteiger partial charge is 0.393 e. The summed E-state index contributed by atoms with van der Waals surface area (Å²) in [6.07, 6.45) is 4.74. The van der Waals surface area contributed by atoms with E-state index < -0.39 is 47.5 Å². The van der Waals surface area contributed by atoms with Crippen LogP contribution in [-0.4, -0.2) is 23.9 Å². The maximum Gasteiger partial charge on any atom is 0.318 e. The van der Waals surface area contributed by atoms with Crippen LogP contribution in [0.1, 0.15) is 30.4 Å². The minimum Gasteiger partial charge on any atom is -0.393 e. The SMILES string of the molecule is C[C@@H]1C[C@@H]2C(=C3[C@H]([C@H]4C=C[C@H]3[C@H]3C(=O)OC(=O)[C@@H]43)[C@@H]3C(=O)OC(=O)[C@H]32)c2ccccc21. The van der Waals surface area contributed by atoms with Crippen molar-refractivity contribution >= 4 is 29.5 Å². The number of hydrogen-bond acceptors (Lipinski definition) is 6. The Morgan fingerprint density at radius 3 is 2.26 bits per heavy atom. The molecule has 0 spiro atoms. The molecule has 9 atom stereocenters. The van der Waals surface area contributed by atoms with Crippen molar-refractivity contribution in [1.82, 2.24) is 0 Å². The van der Waals surface area contributed by atoms with Crippen LogP contribution in [0.4, 0.5) is 0 Å². The Labute approximate surface area is 178 Å². The Bertz CT molecular complexity index is 1170. The lowest BCUT2D eigenvalue weighted by molar-refractivity contribution is -0.156. The van der Waals surface area contributed by atoms with E-state index in [0.29, 0.717) is 0 Å². The van der Waals surface area contributed by atoms with Crippen molar-refractivity contribution in [3.05, 3.63) is 53.1 Å². The fourth-order valence-corrected chi connectivity index (χ4v) is 7.65. The van der Waals surface area contributed by atoms with Gasteiger partial charge < -0.3 is 9.47 Å². The van der Waals surface area contributed by atoms with E-state index >= 15 is 0 Å². The fraction of sp³-hybridized carbons (Fsp3) is 0.440. The first-order valence-electron chi connectivity index (χ1n) is 11.0. The highest BCUT2D eigenvalue weighted by molar-refractivity contribution is 6.02. The van der Waals surface area contributed by atoms with Crippen LogP contribution in [0, 0.1) is 47.3 Å². The molecule has 0 unspecified atom stereocenters. The Hall–Kier alpha value is -3.02. The average Bonchev–Trinajstić information content (AvgIpc) is 3.24. The maximum atomic E-state index is 12.9. The van der Waals surface area contributed by atoms with Crippen LogP contribution in [0.25, 0.3) is 5.57 Å². The predicted octanol–water partition coefficient (Wildman–Crippen LogP) is 2.64. The molecule has 2 aliphatic heterocycles. The van der Waals surface area contributed by atoms with Gasteiger partial charge in [-0.1, -0.05) is 48.9 Å². The lowest BCUT2D eigenvalue weighted by atomic mass is 9.46. The normalized spacial score (nSPS) is 43.7. The highest BCUT2D eigenvalue weighted by Gasteiger charge is 2.68. The summed E-state index contributed by atoms with van der Waals surface area (Å²) in [7, 11) is 0. The Morgan fingerprint density at radius 1 is 0.774 bits per heavy atom. The number of carbonyl (C=O) groups is 4. The predicted molar refractivity (Wildman–Crippen MR) is 106 cm³/mol. The molecule has 7 aliphatic rings. The molecule has 5 aliphatic carbocycles. The van der Waals surface area contributed by atoms with Gasteiger partial charge in [-0.2, -0.15) is 0 Å². The van der Waals surface area contributed by atoms with Gasteiger partial charge in [0.1, 0.15) is 0 Å². The average molecular weight is 416 g/mol. The smallest absolute Gasteiger partial charge is 0.318 e. The standard InChI is InChI=1S/C25H20O6/c1-9-8-14-15(11-5-3-2-4-10(9)11)16-12-6-7-13(19-18(12)22(26)30-23(19)27)17(16)21-20(14)24(28)31-25(21)29/h2-7,9,12-14,17-21H,8H2,1H3/t9-,12-,13-,14-,17+,18-,19+,20+,21+/m1/s1. The van der Waals surface area contributed by atoms with Gasteiger partial charge >= 0.3 is 23.9 Å². The number of rotatable bonds is 0. The highest BCUT2D eigenvalue weighted by atomic mass is 16.6. The zero-order valence-electron chi connectivity index (χ0n) is 16.8. The molecule has 2 heterocycles. The molecular formula is C25H20O6. The molecule has 3 fully saturated rings. The van der Waals surface area contributed by atoms with E-state index in [4.69, 9.17) is 9.47 Å². The van der Waals surface area contributed by atoms with E-state index in [9.17, 15) is 19.2 Å². The molecule has 6 heteroatoms. The molecule has 8 rings (SSSR count). The molecular weight excluding hydrogens is 396 g/mol. The second-order valence-electron chi connectivity index (χ2n) is 9.80. The van der Waals surface area contributed by atoms with E-state index in [0.717, 1.165) is 23.1 Å². The Morgan fingerprint density at radius 2 is 1.45 bits per heavy atom. The van der Waals surface area contributed by atoms with E-state index in [1.54, 1.807) is 0 Å². The third kappa shape index (κ3) is 1.95. The number of ether oxygens (including phenoxy) is 2. The monoisotopic (exact) mass is 416 g/mol. The molecule has 1 aromatic carbocycles. The van der Waals surface area contributed by atoms with Crippen molar-refractivity contribution < 1.29 is 28.7 Å². The third-order valence-corrected chi connectivity index (χ3v) is 8.63. The first-order chi connectivity index (χ1) is 15.0. The van der Waals surface area contributed by atoms with E-state index in [-0.39, 0.29) is 29.6 Å². The molecule has 0 radical (unpaired) electrons. The van der Waals surface area contributed by atoms with E-state index in [2.05, 4.69) is 19.1 Å². The van der Waals surface area contributed by atoms with Crippen molar-refractivity contribution in [2.75, 3.05) is 0 Å². The van der Waals surface area contributed by atoms with Crippen LogP contribution in [0.2, 0.25) is 0 Å². The summed E-state index contributed by atoms with van der Waals surface area (Å²) in [5, 5.41) is 0. The molecule has 6 nitrogen and oxygen atoms in total. The summed E-state index contributed by atoms with van der Waals surface area (Å²) in [5.74, 6) is -5.00. The van der Waals surface area contributed by atoms with Crippen LogP contribution in [0.5, 0.6) is 0 Å². The summed E-state index contributed by atoms with van der Waals surface area (Å²) in [4.78, 5) is 51.0.